The Morgan fingerprint density at radius 2 is 1.41 bits per heavy atom. The van der Waals surface area contributed by atoms with E-state index in [0.717, 1.165) is 19.3 Å². The predicted molar refractivity (Wildman–Crippen MR) is 107 cm³/mol. The first-order valence-electron chi connectivity index (χ1n) is 9.82. The minimum absolute atomic E-state index is 0.0203. The molecule has 0 saturated carbocycles. The minimum Gasteiger partial charge on any atom is -0.493 e. The van der Waals surface area contributed by atoms with Crippen molar-refractivity contribution in [3.8, 4) is 11.5 Å². The second-order valence-corrected chi connectivity index (χ2v) is 6.68. The number of carbonyl (C=O) groups is 2. The molecule has 1 rings (SSSR count). The van der Waals surface area contributed by atoms with Crippen LogP contribution >= 0.6 is 0 Å². The van der Waals surface area contributed by atoms with Crippen molar-refractivity contribution in [1.29, 1.82) is 0 Å². The van der Waals surface area contributed by atoms with Crippen LogP contribution in [0.15, 0.2) is 12.1 Å². The highest BCUT2D eigenvalue weighted by Crippen LogP contribution is 2.33. The van der Waals surface area contributed by atoms with Crippen LogP contribution in [0.3, 0.4) is 0 Å². The normalized spacial score (nSPS) is 10.5. The zero-order valence-corrected chi connectivity index (χ0v) is 16.8. The Morgan fingerprint density at radius 3 is 1.93 bits per heavy atom. The van der Waals surface area contributed by atoms with Gasteiger partial charge in [-0.05, 0) is 6.42 Å². The minimum atomic E-state index is -1.13. The maximum atomic E-state index is 12.2. The highest BCUT2D eigenvalue weighted by Gasteiger charge is 2.17. The van der Waals surface area contributed by atoms with Crippen LogP contribution in [-0.4, -0.2) is 31.2 Å². The SMILES string of the molecule is CCCCCCCCCCCC(=O)Nc1cc(OC)c(OC)cc1C(=O)O. The van der Waals surface area contributed by atoms with E-state index in [2.05, 4.69) is 12.2 Å². The molecular formula is C21H33NO5. The van der Waals surface area contributed by atoms with E-state index in [1.165, 1.54) is 64.9 Å². The summed E-state index contributed by atoms with van der Waals surface area (Å²) in [5, 5.41) is 12.1. The lowest BCUT2D eigenvalue weighted by Gasteiger charge is -2.13. The maximum Gasteiger partial charge on any atom is 0.337 e. The van der Waals surface area contributed by atoms with Gasteiger partial charge in [0.15, 0.2) is 11.5 Å². The zero-order valence-electron chi connectivity index (χ0n) is 16.8. The number of nitrogens with one attached hydrogen (secondary N) is 1. The fourth-order valence-corrected chi connectivity index (χ4v) is 2.97. The van der Waals surface area contributed by atoms with Gasteiger partial charge in [0, 0.05) is 18.6 Å². The monoisotopic (exact) mass is 379 g/mol. The summed E-state index contributed by atoms with van der Waals surface area (Å²) >= 11 is 0. The average molecular weight is 379 g/mol. The third kappa shape index (κ3) is 8.33. The molecule has 0 aliphatic carbocycles. The molecule has 27 heavy (non-hydrogen) atoms. The molecular weight excluding hydrogens is 346 g/mol. The quantitative estimate of drug-likeness (QED) is 0.431. The van der Waals surface area contributed by atoms with Crippen molar-refractivity contribution >= 4 is 17.6 Å². The number of anilines is 1. The standard InChI is InChI=1S/C21H33NO5/c1-4-5-6-7-8-9-10-11-12-13-20(23)22-17-15-19(27-3)18(26-2)14-16(17)21(24)25/h14-15H,4-13H2,1-3H3,(H,22,23)(H,24,25). The van der Waals surface area contributed by atoms with Crippen molar-refractivity contribution in [2.75, 3.05) is 19.5 Å². The Bertz CT molecular complexity index is 600. The highest BCUT2D eigenvalue weighted by molar-refractivity contribution is 6.01. The van der Waals surface area contributed by atoms with Crippen LogP contribution in [0.25, 0.3) is 0 Å². The van der Waals surface area contributed by atoms with Crippen LogP contribution in [0.4, 0.5) is 5.69 Å². The van der Waals surface area contributed by atoms with E-state index in [9.17, 15) is 14.7 Å². The number of hydrogen-bond donors (Lipinski definition) is 2. The molecule has 0 unspecified atom stereocenters. The summed E-state index contributed by atoms with van der Waals surface area (Å²) in [5.74, 6) is -0.630. The van der Waals surface area contributed by atoms with Gasteiger partial charge in [-0.15, -0.1) is 0 Å². The summed E-state index contributed by atoms with van der Waals surface area (Å²) in [4.78, 5) is 23.6. The van der Waals surface area contributed by atoms with E-state index in [1.54, 1.807) is 0 Å². The Kier molecular flexibility index (Phi) is 11.0. The number of carboxylic acids is 1. The summed E-state index contributed by atoms with van der Waals surface area (Å²) < 4.78 is 10.3. The molecule has 1 aromatic carbocycles. The molecule has 0 aromatic heterocycles. The number of rotatable bonds is 14. The molecule has 0 aliphatic heterocycles. The number of benzene rings is 1. The summed E-state index contributed by atoms with van der Waals surface area (Å²) in [6.45, 7) is 2.21. The lowest BCUT2D eigenvalue weighted by Crippen LogP contribution is -2.14. The zero-order chi connectivity index (χ0) is 20.1. The summed E-state index contributed by atoms with van der Waals surface area (Å²) in [5.41, 5.74) is 0.203. The first-order chi connectivity index (χ1) is 13.0. The van der Waals surface area contributed by atoms with Crippen molar-refractivity contribution in [2.24, 2.45) is 0 Å². The molecule has 0 atom stereocenters. The Morgan fingerprint density at radius 1 is 0.889 bits per heavy atom. The highest BCUT2D eigenvalue weighted by atomic mass is 16.5. The predicted octanol–water partition coefficient (Wildman–Crippen LogP) is 5.26. The molecule has 0 radical (unpaired) electrons. The van der Waals surface area contributed by atoms with Gasteiger partial charge in [0.05, 0.1) is 25.5 Å². The van der Waals surface area contributed by atoms with Crippen LogP contribution in [-0.2, 0) is 4.79 Å². The lowest BCUT2D eigenvalue weighted by molar-refractivity contribution is -0.116. The van der Waals surface area contributed by atoms with Crippen molar-refractivity contribution < 1.29 is 24.2 Å². The Labute approximate surface area is 162 Å². The number of amides is 1. The number of hydrogen-bond acceptors (Lipinski definition) is 4. The van der Waals surface area contributed by atoms with Crippen LogP contribution in [0.1, 0.15) is 81.5 Å². The van der Waals surface area contributed by atoms with Gasteiger partial charge in [0.2, 0.25) is 5.91 Å². The summed E-state index contributed by atoms with van der Waals surface area (Å²) in [6, 6.07) is 2.84. The number of carbonyl (C=O) groups excluding carboxylic acids is 1. The van der Waals surface area contributed by atoms with Gasteiger partial charge >= 0.3 is 5.97 Å². The second-order valence-electron chi connectivity index (χ2n) is 6.68. The van der Waals surface area contributed by atoms with Gasteiger partial charge in [0.1, 0.15) is 0 Å². The number of unbranched alkanes of at least 4 members (excludes halogenated alkanes) is 8. The molecule has 1 aromatic rings. The molecule has 0 saturated heterocycles. The molecule has 0 bridgehead atoms. The largest absolute Gasteiger partial charge is 0.493 e. The van der Waals surface area contributed by atoms with Gasteiger partial charge in [-0.1, -0.05) is 58.3 Å². The topological polar surface area (TPSA) is 84.9 Å². The number of carboxylic acid groups (broad SMARTS) is 1. The van der Waals surface area contributed by atoms with Crippen LogP contribution in [0.2, 0.25) is 0 Å². The van der Waals surface area contributed by atoms with Crippen molar-refractivity contribution in [2.45, 2.75) is 71.1 Å². The van der Waals surface area contributed by atoms with Crippen LogP contribution in [0, 0.1) is 0 Å². The van der Waals surface area contributed by atoms with Crippen LogP contribution < -0.4 is 14.8 Å². The molecule has 0 fully saturated rings. The van der Waals surface area contributed by atoms with E-state index >= 15 is 0 Å². The van der Waals surface area contributed by atoms with Crippen molar-refractivity contribution in [3.63, 3.8) is 0 Å². The van der Waals surface area contributed by atoms with E-state index in [1.807, 2.05) is 0 Å². The molecule has 6 heteroatoms. The fourth-order valence-electron chi connectivity index (χ4n) is 2.97. The van der Waals surface area contributed by atoms with Crippen LogP contribution in [0.5, 0.6) is 11.5 Å². The van der Waals surface area contributed by atoms with E-state index < -0.39 is 5.97 Å². The molecule has 0 spiro atoms. The number of aromatic carboxylic acids is 1. The number of ether oxygens (including phenoxy) is 2. The third-order valence-electron chi connectivity index (χ3n) is 4.54. The van der Waals surface area contributed by atoms with Gasteiger partial charge in [-0.3, -0.25) is 4.79 Å². The average Bonchev–Trinajstić information content (AvgIpc) is 2.66. The van der Waals surface area contributed by atoms with Crippen molar-refractivity contribution in [3.05, 3.63) is 17.7 Å². The van der Waals surface area contributed by atoms with E-state index in [0.29, 0.717) is 17.9 Å². The summed E-state index contributed by atoms with van der Waals surface area (Å²) in [7, 11) is 2.90. The fraction of sp³-hybridized carbons (Fsp3) is 0.619. The van der Waals surface area contributed by atoms with Gasteiger partial charge < -0.3 is 19.9 Å². The molecule has 0 aliphatic rings. The molecule has 6 nitrogen and oxygen atoms in total. The first-order valence-corrected chi connectivity index (χ1v) is 9.82. The molecule has 152 valence electrons. The smallest absolute Gasteiger partial charge is 0.337 e. The third-order valence-corrected chi connectivity index (χ3v) is 4.54. The molecule has 2 N–H and O–H groups in total. The maximum absolute atomic E-state index is 12.2. The summed E-state index contributed by atoms with van der Waals surface area (Å²) in [6.07, 6.45) is 11.0. The Hall–Kier alpha value is -2.24. The lowest BCUT2D eigenvalue weighted by atomic mass is 10.1. The van der Waals surface area contributed by atoms with Gasteiger partial charge in [-0.2, -0.15) is 0 Å². The van der Waals surface area contributed by atoms with E-state index in [-0.39, 0.29) is 17.2 Å². The first kappa shape index (κ1) is 22.8. The molecule has 1 amide bonds. The van der Waals surface area contributed by atoms with Crippen molar-refractivity contribution in [1.82, 2.24) is 0 Å². The Balaban J connectivity index is 2.44. The van der Waals surface area contributed by atoms with Gasteiger partial charge in [0.25, 0.3) is 0 Å². The number of methoxy groups -OCH3 is 2. The molecule has 0 heterocycles. The van der Waals surface area contributed by atoms with Gasteiger partial charge in [-0.25, -0.2) is 4.79 Å². The van der Waals surface area contributed by atoms with E-state index in [4.69, 9.17) is 9.47 Å². The second kappa shape index (κ2) is 13.0.